The molecule has 0 spiro atoms. The second-order valence-corrected chi connectivity index (χ2v) is 7.77. The molecule has 2 fully saturated rings. The molecule has 0 radical (unpaired) electrons. The van der Waals surface area contributed by atoms with Gasteiger partial charge in [0.25, 0.3) is 0 Å². The number of piperidine rings is 1. The lowest BCUT2D eigenvalue weighted by Gasteiger charge is -2.28. The first kappa shape index (κ1) is 17.8. The summed E-state index contributed by atoms with van der Waals surface area (Å²) in [6.45, 7) is 6.72. The molecular weight excluding hydrogens is 328 g/mol. The Hall–Kier alpha value is -1.59. The topological polar surface area (TPSA) is 42.0 Å². The van der Waals surface area contributed by atoms with E-state index < -0.39 is 0 Å². The van der Waals surface area contributed by atoms with E-state index in [1.807, 2.05) is 4.90 Å². The van der Waals surface area contributed by atoms with Gasteiger partial charge in [-0.15, -0.1) is 0 Å². The molecule has 0 atom stereocenters. The van der Waals surface area contributed by atoms with E-state index in [9.17, 15) is 4.79 Å². The maximum atomic E-state index is 12.9. The Bertz CT molecular complexity index is 622. The number of fused-ring (bicyclic) bond motifs is 1. The van der Waals surface area contributed by atoms with Gasteiger partial charge in [0.05, 0.1) is 6.54 Å². The number of ether oxygens (including phenoxy) is 2. The third-order valence-electron chi connectivity index (χ3n) is 5.84. The van der Waals surface area contributed by atoms with Crippen molar-refractivity contribution in [2.24, 2.45) is 5.92 Å². The van der Waals surface area contributed by atoms with Gasteiger partial charge in [0, 0.05) is 37.8 Å². The van der Waals surface area contributed by atoms with Gasteiger partial charge in [-0.3, -0.25) is 9.69 Å². The summed E-state index contributed by atoms with van der Waals surface area (Å²) in [5.74, 6) is 1.32. The third kappa shape index (κ3) is 4.21. The molecule has 3 heterocycles. The second-order valence-electron chi connectivity index (χ2n) is 7.77. The molecular formula is C21H30N2O3. The summed E-state index contributed by atoms with van der Waals surface area (Å²) in [6.07, 6.45) is 5.66. The van der Waals surface area contributed by atoms with E-state index in [1.54, 1.807) is 0 Å². The molecule has 26 heavy (non-hydrogen) atoms. The number of amides is 1. The molecule has 1 aromatic carbocycles. The fourth-order valence-corrected chi connectivity index (χ4v) is 4.31. The molecule has 4 rings (SSSR count). The zero-order chi connectivity index (χ0) is 17.8. The van der Waals surface area contributed by atoms with Gasteiger partial charge in [-0.25, -0.2) is 0 Å². The van der Waals surface area contributed by atoms with E-state index in [0.29, 0.717) is 32.9 Å². The highest BCUT2D eigenvalue weighted by Gasteiger charge is 2.28. The van der Waals surface area contributed by atoms with Crippen LogP contribution >= 0.6 is 0 Å². The van der Waals surface area contributed by atoms with Crippen molar-refractivity contribution in [1.29, 1.82) is 0 Å². The summed E-state index contributed by atoms with van der Waals surface area (Å²) in [5, 5.41) is 0. The molecule has 0 saturated carbocycles. The van der Waals surface area contributed by atoms with Crippen molar-refractivity contribution in [1.82, 2.24) is 9.80 Å². The molecule has 142 valence electrons. The van der Waals surface area contributed by atoms with Crippen LogP contribution in [0.5, 0.6) is 5.75 Å². The second kappa shape index (κ2) is 8.40. The highest BCUT2D eigenvalue weighted by molar-refractivity contribution is 5.79. The summed E-state index contributed by atoms with van der Waals surface area (Å²) in [6, 6.07) is 6.53. The third-order valence-corrected chi connectivity index (χ3v) is 5.84. The van der Waals surface area contributed by atoms with Gasteiger partial charge in [-0.1, -0.05) is 12.5 Å². The predicted molar refractivity (Wildman–Crippen MR) is 100 cm³/mol. The Kier molecular flexibility index (Phi) is 5.75. The van der Waals surface area contributed by atoms with Crippen molar-refractivity contribution in [3.63, 3.8) is 0 Å². The summed E-state index contributed by atoms with van der Waals surface area (Å²) < 4.78 is 11.3. The van der Waals surface area contributed by atoms with Crippen molar-refractivity contribution in [2.75, 3.05) is 39.5 Å². The number of nitrogens with zero attached hydrogens (tertiary/aromatic N) is 2. The molecule has 1 aromatic rings. The molecule has 1 amide bonds. The molecule has 0 unspecified atom stereocenters. The quantitative estimate of drug-likeness (QED) is 0.833. The number of likely N-dealkylation sites (tertiary alicyclic amines) is 1. The minimum atomic E-state index is 0.113. The van der Waals surface area contributed by atoms with Crippen molar-refractivity contribution >= 4 is 5.91 Å². The van der Waals surface area contributed by atoms with E-state index in [1.165, 1.54) is 37.9 Å². The predicted octanol–water partition coefficient (Wildman–Crippen LogP) is 2.82. The lowest BCUT2D eigenvalue weighted by atomic mass is 9.98. The monoisotopic (exact) mass is 358 g/mol. The van der Waals surface area contributed by atoms with Crippen LogP contribution in [0.3, 0.4) is 0 Å². The lowest BCUT2D eigenvalue weighted by molar-refractivity contribution is -0.139. The minimum Gasteiger partial charge on any atom is -0.491 e. The molecule has 2 saturated heterocycles. The number of benzene rings is 1. The van der Waals surface area contributed by atoms with Crippen LogP contribution in [-0.4, -0.2) is 55.2 Å². The fourth-order valence-electron chi connectivity index (χ4n) is 4.31. The largest absolute Gasteiger partial charge is 0.491 e. The van der Waals surface area contributed by atoms with Crippen LogP contribution in [0.15, 0.2) is 18.2 Å². The van der Waals surface area contributed by atoms with Crippen LogP contribution in [0.2, 0.25) is 0 Å². The zero-order valence-corrected chi connectivity index (χ0v) is 15.6. The van der Waals surface area contributed by atoms with Gasteiger partial charge in [-0.2, -0.15) is 0 Å². The standard InChI is InChI=1S/C21H30N2O3/c24-21(18-6-11-25-12-7-18)23-10-13-26-20-5-4-17(14-19(20)16-23)15-22-8-2-1-3-9-22/h4-5,14,18H,1-3,6-13,15-16H2. The first-order valence-corrected chi connectivity index (χ1v) is 10.1. The SMILES string of the molecule is O=C(C1CCOCC1)N1CCOc2ccc(CN3CCCCC3)cc2C1. The number of hydrogen-bond acceptors (Lipinski definition) is 4. The van der Waals surface area contributed by atoms with E-state index >= 15 is 0 Å². The smallest absolute Gasteiger partial charge is 0.226 e. The summed E-state index contributed by atoms with van der Waals surface area (Å²) in [4.78, 5) is 17.5. The molecule has 5 heteroatoms. The average molecular weight is 358 g/mol. The van der Waals surface area contributed by atoms with Crippen LogP contribution in [0, 0.1) is 5.92 Å². The maximum absolute atomic E-state index is 12.9. The first-order valence-electron chi connectivity index (χ1n) is 10.1. The van der Waals surface area contributed by atoms with Gasteiger partial charge >= 0.3 is 0 Å². The zero-order valence-electron chi connectivity index (χ0n) is 15.6. The minimum absolute atomic E-state index is 0.113. The van der Waals surface area contributed by atoms with Crippen LogP contribution in [0.4, 0.5) is 0 Å². The van der Waals surface area contributed by atoms with Gasteiger partial charge in [0.15, 0.2) is 0 Å². The molecule has 5 nitrogen and oxygen atoms in total. The van der Waals surface area contributed by atoms with Gasteiger partial charge < -0.3 is 14.4 Å². The van der Waals surface area contributed by atoms with E-state index in [0.717, 1.165) is 30.7 Å². The number of hydrogen-bond donors (Lipinski definition) is 0. The fraction of sp³-hybridized carbons (Fsp3) is 0.667. The van der Waals surface area contributed by atoms with Crippen molar-refractivity contribution in [2.45, 2.75) is 45.2 Å². The van der Waals surface area contributed by atoms with Crippen molar-refractivity contribution in [3.05, 3.63) is 29.3 Å². The van der Waals surface area contributed by atoms with Crippen LogP contribution < -0.4 is 4.74 Å². The van der Waals surface area contributed by atoms with Gasteiger partial charge in [0.1, 0.15) is 12.4 Å². The van der Waals surface area contributed by atoms with Crippen molar-refractivity contribution < 1.29 is 14.3 Å². The Morgan fingerprint density at radius 3 is 2.65 bits per heavy atom. The molecule has 0 bridgehead atoms. The van der Waals surface area contributed by atoms with E-state index in [-0.39, 0.29) is 11.8 Å². The van der Waals surface area contributed by atoms with Crippen LogP contribution in [0.25, 0.3) is 0 Å². The average Bonchev–Trinajstić information content (AvgIpc) is 2.91. The Balaban J connectivity index is 1.45. The Labute approximate surface area is 156 Å². The highest BCUT2D eigenvalue weighted by Crippen LogP contribution is 2.27. The number of rotatable bonds is 3. The van der Waals surface area contributed by atoms with Crippen LogP contribution in [-0.2, 0) is 22.6 Å². The normalized spacial score (nSPS) is 22.4. The molecule has 0 aromatic heterocycles. The molecule has 3 aliphatic heterocycles. The highest BCUT2D eigenvalue weighted by atomic mass is 16.5. The van der Waals surface area contributed by atoms with Crippen molar-refractivity contribution in [3.8, 4) is 5.75 Å². The summed E-state index contributed by atoms with van der Waals surface area (Å²) >= 11 is 0. The van der Waals surface area contributed by atoms with E-state index in [2.05, 4.69) is 23.1 Å². The lowest BCUT2D eigenvalue weighted by Crippen LogP contribution is -2.39. The first-order chi connectivity index (χ1) is 12.8. The molecule has 0 N–H and O–H groups in total. The number of carbonyl (C=O) groups excluding carboxylic acids is 1. The van der Waals surface area contributed by atoms with E-state index in [4.69, 9.17) is 9.47 Å². The maximum Gasteiger partial charge on any atom is 0.226 e. The molecule has 3 aliphatic rings. The van der Waals surface area contributed by atoms with Gasteiger partial charge in [0.2, 0.25) is 5.91 Å². The summed E-state index contributed by atoms with van der Waals surface area (Å²) in [7, 11) is 0. The Morgan fingerprint density at radius 1 is 1.04 bits per heavy atom. The summed E-state index contributed by atoms with van der Waals surface area (Å²) in [5.41, 5.74) is 2.48. The number of carbonyl (C=O) groups is 1. The van der Waals surface area contributed by atoms with Gasteiger partial charge in [-0.05, 0) is 56.5 Å². The van der Waals surface area contributed by atoms with Crippen LogP contribution in [0.1, 0.15) is 43.2 Å². The Morgan fingerprint density at radius 2 is 1.85 bits per heavy atom. The molecule has 0 aliphatic carbocycles.